The van der Waals surface area contributed by atoms with Crippen molar-refractivity contribution in [3.63, 3.8) is 0 Å². The molecule has 0 atom stereocenters. The summed E-state index contributed by atoms with van der Waals surface area (Å²) in [6.45, 7) is 0. The predicted octanol–water partition coefficient (Wildman–Crippen LogP) is 4.67. The lowest BCUT2D eigenvalue weighted by atomic mass is 10.2. The molecular formula is C14H11ClO2S. The van der Waals surface area contributed by atoms with Crippen LogP contribution in [0.3, 0.4) is 0 Å². The minimum Gasteiger partial charge on any atom is -0.457 e. The number of benzene rings is 2. The summed E-state index contributed by atoms with van der Waals surface area (Å²) in [7, 11) is 0. The molecule has 0 aromatic heterocycles. The molecule has 2 nitrogen and oxygen atoms in total. The van der Waals surface area contributed by atoms with Crippen molar-refractivity contribution in [1.29, 1.82) is 0 Å². The molecule has 0 fully saturated rings. The van der Waals surface area contributed by atoms with E-state index in [1.807, 2.05) is 30.5 Å². The zero-order valence-corrected chi connectivity index (χ0v) is 11.3. The number of thioether (sulfide) groups is 1. The summed E-state index contributed by atoms with van der Waals surface area (Å²) in [5.41, 5.74) is 0.369. The minimum absolute atomic E-state index is 0.369. The highest BCUT2D eigenvalue weighted by Crippen LogP contribution is 2.29. The van der Waals surface area contributed by atoms with Crippen LogP contribution in [0.2, 0.25) is 5.02 Å². The van der Waals surface area contributed by atoms with Crippen molar-refractivity contribution in [3.05, 3.63) is 53.1 Å². The van der Waals surface area contributed by atoms with E-state index in [0.29, 0.717) is 28.4 Å². The highest BCUT2D eigenvalue weighted by Gasteiger charge is 2.08. The zero-order chi connectivity index (χ0) is 13.0. The molecule has 2 aromatic rings. The molecule has 0 radical (unpaired) electrons. The van der Waals surface area contributed by atoms with Gasteiger partial charge in [0, 0.05) is 4.90 Å². The van der Waals surface area contributed by atoms with Crippen LogP contribution in [0.4, 0.5) is 0 Å². The lowest BCUT2D eigenvalue weighted by Gasteiger charge is -2.09. The van der Waals surface area contributed by atoms with Crippen LogP contribution in [0, 0.1) is 0 Å². The molecule has 0 amide bonds. The monoisotopic (exact) mass is 278 g/mol. The molecule has 0 spiro atoms. The molecule has 0 heterocycles. The van der Waals surface area contributed by atoms with E-state index in [1.165, 1.54) is 0 Å². The smallest absolute Gasteiger partial charge is 0.155 e. The van der Waals surface area contributed by atoms with Gasteiger partial charge >= 0.3 is 0 Å². The van der Waals surface area contributed by atoms with Gasteiger partial charge in [0.1, 0.15) is 11.5 Å². The highest BCUT2D eigenvalue weighted by atomic mass is 35.5. The van der Waals surface area contributed by atoms with Gasteiger partial charge in [0.25, 0.3) is 0 Å². The molecular weight excluding hydrogens is 268 g/mol. The van der Waals surface area contributed by atoms with Crippen molar-refractivity contribution in [3.8, 4) is 11.5 Å². The van der Waals surface area contributed by atoms with Gasteiger partial charge in [-0.1, -0.05) is 17.7 Å². The van der Waals surface area contributed by atoms with Crippen LogP contribution in [0.15, 0.2) is 47.4 Å². The third-order valence-corrected chi connectivity index (χ3v) is 3.49. The van der Waals surface area contributed by atoms with Gasteiger partial charge < -0.3 is 4.74 Å². The zero-order valence-electron chi connectivity index (χ0n) is 9.72. The first-order valence-corrected chi connectivity index (χ1v) is 6.90. The Labute approximate surface area is 115 Å². The average molecular weight is 279 g/mol. The second-order valence-electron chi connectivity index (χ2n) is 3.55. The maximum atomic E-state index is 11.0. The van der Waals surface area contributed by atoms with Crippen LogP contribution in [-0.2, 0) is 0 Å². The molecule has 92 valence electrons. The number of ether oxygens (including phenoxy) is 1. The summed E-state index contributed by atoms with van der Waals surface area (Å²) < 4.78 is 5.66. The fraction of sp³-hybridized carbons (Fsp3) is 0.0714. The number of halogens is 1. The van der Waals surface area contributed by atoms with E-state index in [2.05, 4.69) is 0 Å². The maximum absolute atomic E-state index is 11.0. The van der Waals surface area contributed by atoms with Crippen molar-refractivity contribution in [2.24, 2.45) is 0 Å². The maximum Gasteiger partial charge on any atom is 0.155 e. The average Bonchev–Trinajstić information content (AvgIpc) is 2.40. The number of carbonyl (C=O) groups excluding carboxylic acids is 1. The Morgan fingerprint density at radius 2 is 1.89 bits per heavy atom. The van der Waals surface area contributed by atoms with E-state index in [9.17, 15) is 4.79 Å². The SMILES string of the molecule is CSc1ccc(Oc2cccc(Cl)c2C=O)cc1. The Balaban J connectivity index is 2.28. The molecule has 0 N–H and O–H groups in total. The standard InChI is InChI=1S/C14H11ClO2S/c1-18-11-7-5-10(6-8-11)17-14-4-2-3-13(15)12(14)9-16/h2-9H,1H3. The van der Waals surface area contributed by atoms with Gasteiger partial charge in [-0.25, -0.2) is 0 Å². The van der Waals surface area contributed by atoms with Crippen LogP contribution >= 0.6 is 23.4 Å². The van der Waals surface area contributed by atoms with Crippen LogP contribution in [0.1, 0.15) is 10.4 Å². The minimum atomic E-state index is 0.369. The van der Waals surface area contributed by atoms with E-state index in [-0.39, 0.29) is 0 Å². The predicted molar refractivity (Wildman–Crippen MR) is 75.1 cm³/mol. The third-order valence-electron chi connectivity index (χ3n) is 2.42. The van der Waals surface area contributed by atoms with Crippen LogP contribution in [-0.4, -0.2) is 12.5 Å². The van der Waals surface area contributed by atoms with Crippen molar-refractivity contribution in [2.45, 2.75) is 4.90 Å². The lowest BCUT2D eigenvalue weighted by molar-refractivity contribution is 0.112. The van der Waals surface area contributed by atoms with Crippen LogP contribution in [0.5, 0.6) is 11.5 Å². The molecule has 0 saturated heterocycles. The third kappa shape index (κ3) is 2.86. The van der Waals surface area contributed by atoms with Gasteiger partial charge in [0.05, 0.1) is 10.6 Å². The quantitative estimate of drug-likeness (QED) is 0.601. The summed E-state index contributed by atoms with van der Waals surface area (Å²) in [6, 6.07) is 12.8. The first-order valence-electron chi connectivity index (χ1n) is 5.30. The Hall–Kier alpha value is -1.45. The number of aldehydes is 1. The first kappa shape index (κ1) is 13.0. The summed E-state index contributed by atoms with van der Waals surface area (Å²) in [5.74, 6) is 1.15. The number of hydrogen-bond donors (Lipinski definition) is 0. The second-order valence-corrected chi connectivity index (χ2v) is 4.83. The van der Waals surface area contributed by atoms with E-state index in [0.717, 1.165) is 4.90 Å². The topological polar surface area (TPSA) is 26.3 Å². The summed E-state index contributed by atoms with van der Waals surface area (Å²) in [4.78, 5) is 12.1. The van der Waals surface area contributed by atoms with E-state index in [4.69, 9.17) is 16.3 Å². The number of hydrogen-bond acceptors (Lipinski definition) is 3. The molecule has 4 heteroatoms. The summed E-state index contributed by atoms with van der Waals surface area (Å²) in [5, 5.41) is 0.392. The molecule has 0 aliphatic rings. The molecule has 0 aliphatic carbocycles. The van der Waals surface area contributed by atoms with Crippen molar-refractivity contribution >= 4 is 29.6 Å². The highest BCUT2D eigenvalue weighted by molar-refractivity contribution is 7.98. The molecule has 18 heavy (non-hydrogen) atoms. The summed E-state index contributed by atoms with van der Waals surface area (Å²) in [6.07, 6.45) is 2.71. The van der Waals surface area contributed by atoms with Crippen molar-refractivity contribution < 1.29 is 9.53 Å². The fourth-order valence-corrected chi connectivity index (χ4v) is 2.11. The van der Waals surface area contributed by atoms with E-state index < -0.39 is 0 Å². The molecule has 0 bridgehead atoms. The van der Waals surface area contributed by atoms with Gasteiger partial charge in [-0.15, -0.1) is 11.8 Å². The molecule has 0 aliphatic heterocycles. The largest absolute Gasteiger partial charge is 0.457 e. The molecule has 0 unspecified atom stereocenters. The van der Waals surface area contributed by atoms with Gasteiger partial charge in [0.2, 0.25) is 0 Å². The number of carbonyl (C=O) groups is 1. The van der Waals surface area contributed by atoms with Gasteiger partial charge in [-0.2, -0.15) is 0 Å². The normalized spacial score (nSPS) is 10.1. The first-order chi connectivity index (χ1) is 8.74. The van der Waals surface area contributed by atoms with Gasteiger partial charge in [-0.3, -0.25) is 4.79 Å². The van der Waals surface area contributed by atoms with Crippen molar-refractivity contribution in [2.75, 3.05) is 6.26 Å². The molecule has 2 aromatic carbocycles. The molecule has 0 saturated carbocycles. The van der Waals surface area contributed by atoms with Gasteiger partial charge in [-0.05, 0) is 42.7 Å². The number of rotatable bonds is 4. The fourth-order valence-electron chi connectivity index (χ4n) is 1.49. The second kappa shape index (κ2) is 5.94. The van der Waals surface area contributed by atoms with E-state index >= 15 is 0 Å². The Morgan fingerprint density at radius 1 is 1.17 bits per heavy atom. The summed E-state index contributed by atoms with van der Waals surface area (Å²) >= 11 is 7.59. The molecule has 2 rings (SSSR count). The van der Waals surface area contributed by atoms with Crippen LogP contribution in [0.25, 0.3) is 0 Å². The Bertz CT molecular complexity index is 552. The van der Waals surface area contributed by atoms with E-state index in [1.54, 1.807) is 30.0 Å². The lowest BCUT2D eigenvalue weighted by Crippen LogP contribution is -1.91. The Morgan fingerprint density at radius 3 is 2.50 bits per heavy atom. The van der Waals surface area contributed by atoms with Crippen LogP contribution < -0.4 is 4.74 Å². The van der Waals surface area contributed by atoms with Gasteiger partial charge in [0.15, 0.2) is 6.29 Å². The Kier molecular flexibility index (Phi) is 4.28. The van der Waals surface area contributed by atoms with Crippen molar-refractivity contribution in [1.82, 2.24) is 0 Å².